The van der Waals surface area contributed by atoms with Crippen LogP contribution in [0, 0.1) is 12.7 Å². The first-order chi connectivity index (χ1) is 11.9. The first-order valence-electron chi connectivity index (χ1n) is 7.76. The molecule has 128 valence electrons. The molecule has 2 aromatic rings. The number of benzene rings is 2. The molecule has 0 amide bonds. The number of carboxylic acids is 1. The lowest BCUT2D eigenvalue weighted by atomic mass is 9.96. The molecule has 1 N–H and O–H groups in total. The van der Waals surface area contributed by atoms with Crippen molar-refractivity contribution >= 4 is 28.4 Å². The first kappa shape index (κ1) is 17.3. The highest BCUT2D eigenvalue weighted by Gasteiger charge is 2.22. The Morgan fingerprint density at radius 3 is 2.68 bits per heavy atom. The molecule has 5 heteroatoms. The van der Waals surface area contributed by atoms with Gasteiger partial charge in [-0.3, -0.25) is 4.21 Å². The lowest BCUT2D eigenvalue weighted by molar-refractivity contribution is -0.132. The fraction of sp³-hybridized carbons (Fsp3) is 0.150. The smallest absolute Gasteiger partial charge is 0.336 e. The molecule has 1 aliphatic rings. The topological polar surface area (TPSA) is 54.4 Å². The van der Waals surface area contributed by atoms with Gasteiger partial charge < -0.3 is 5.11 Å². The number of aliphatic carboxylic acids is 1. The van der Waals surface area contributed by atoms with Gasteiger partial charge in [-0.05, 0) is 59.4 Å². The number of carbonyl (C=O) groups is 1. The largest absolute Gasteiger partial charge is 0.478 e. The van der Waals surface area contributed by atoms with Crippen LogP contribution in [0.5, 0.6) is 0 Å². The van der Waals surface area contributed by atoms with Crippen LogP contribution in [-0.4, -0.2) is 21.5 Å². The lowest BCUT2D eigenvalue weighted by Crippen LogP contribution is -2.03. The van der Waals surface area contributed by atoms with Gasteiger partial charge in [0.1, 0.15) is 5.82 Å². The van der Waals surface area contributed by atoms with E-state index in [-0.39, 0.29) is 10.5 Å². The van der Waals surface area contributed by atoms with Crippen LogP contribution in [0.3, 0.4) is 0 Å². The summed E-state index contributed by atoms with van der Waals surface area (Å²) >= 11 is 0. The Kier molecular flexibility index (Phi) is 4.68. The van der Waals surface area contributed by atoms with Crippen LogP contribution < -0.4 is 0 Å². The van der Waals surface area contributed by atoms with Crippen LogP contribution in [0.4, 0.5) is 4.39 Å². The Labute approximate surface area is 148 Å². The summed E-state index contributed by atoms with van der Waals surface area (Å²) in [5, 5.41) is 9.67. The van der Waals surface area contributed by atoms with E-state index in [4.69, 9.17) is 0 Å². The molecule has 1 atom stereocenters. The normalized spacial score (nSPS) is 14.8. The van der Waals surface area contributed by atoms with Crippen LogP contribution in [0.15, 0.2) is 52.9 Å². The molecule has 3 nitrogen and oxygen atoms in total. The molecule has 1 unspecified atom stereocenters. The fourth-order valence-electron chi connectivity index (χ4n) is 2.99. The molecule has 0 fully saturated rings. The summed E-state index contributed by atoms with van der Waals surface area (Å²) in [6.45, 7) is 1.75. The minimum atomic E-state index is -1.44. The fourth-order valence-corrected chi connectivity index (χ4v) is 3.67. The standard InChI is InChI=1S/C20H17FO3S/c1-12-9-19(25(2)24)18(21)11-14(12)10-17(20(22)23)16-8-7-13-5-3-4-6-15(13)16/h3-6,8-11H,7H2,1-2H3,(H,22,23). The van der Waals surface area contributed by atoms with Gasteiger partial charge >= 0.3 is 5.97 Å². The summed E-state index contributed by atoms with van der Waals surface area (Å²) in [4.78, 5) is 11.9. The third-order valence-electron chi connectivity index (χ3n) is 4.28. The minimum Gasteiger partial charge on any atom is -0.478 e. The average Bonchev–Trinajstić information content (AvgIpc) is 2.98. The third-order valence-corrected chi connectivity index (χ3v) is 5.22. The van der Waals surface area contributed by atoms with Crippen molar-refractivity contribution in [1.82, 2.24) is 0 Å². The SMILES string of the molecule is Cc1cc(S(C)=O)c(F)cc1C=C(C(=O)O)C1=CCc2ccccc21. The van der Waals surface area contributed by atoms with E-state index in [1.807, 2.05) is 30.3 Å². The molecule has 0 bridgehead atoms. The number of allylic oxidation sites excluding steroid dienone is 1. The minimum absolute atomic E-state index is 0.122. The van der Waals surface area contributed by atoms with E-state index in [2.05, 4.69) is 0 Å². The molecule has 0 aromatic heterocycles. The predicted molar refractivity (Wildman–Crippen MR) is 97.2 cm³/mol. The molecule has 0 radical (unpaired) electrons. The van der Waals surface area contributed by atoms with Gasteiger partial charge in [0.15, 0.2) is 0 Å². The predicted octanol–water partition coefficient (Wildman–Crippen LogP) is 3.98. The van der Waals surface area contributed by atoms with E-state index >= 15 is 0 Å². The van der Waals surface area contributed by atoms with Crippen LogP contribution in [0.2, 0.25) is 0 Å². The van der Waals surface area contributed by atoms with Crippen molar-refractivity contribution in [2.75, 3.05) is 6.26 Å². The summed E-state index contributed by atoms with van der Waals surface area (Å²) in [6.07, 6.45) is 5.45. The Bertz CT molecular complexity index is 957. The summed E-state index contributed by atoms with van der Waals surface area (Å²) in [6, 6.07) is 10.4. The highest BCUT2D eigenvalue weighted by Crippen LogP contribution is 2.34. The van der Waals surface area contributed by atoms with Crippen LogP contribution in [-0.2, 0) is 22.0 Å². The lowest BCUT2D eigenvalue weighted by Gasteiger charge is -2.10. The summed E-state index contributed by atoms with van der Waals surface area (Å²) in [7, 11) is -1.44. The van der Waals surface area contributed by atoms with Gasteiger partial charge in [0.05, 0.1) is 21.3 Å². The van der Waals surface area contributed by atoms with Crippen molar-refractivity contribution in [2.45, 2.75) is 18.2 Å². The van der Waals surface area contributed by atoms with Gasteiger partial charge in [-0.25, -0.2) is 9.18 Å². The van der Waals surface area contributed by atoms with Crippen molar-refractivity contribution in [3.8, 4) is 0 Å². The number of rotatable bonds is 4. The molecule has 25 heavy (non-hydrogen) atoms. The molecule has 0 saturated heterocycles. The van der Waals surface area contributed by atoms with Gasteiger partial charge in [0, 0.05) is 6.26 Å². The third kappa shape index (κ3) is 3.33. The number of fused-ring (bicyclic) bond motifs is 1. The molecule has 0 spiro atoms. The van der Waals surface area contributed by atoms with E-state index in [1.54, 1.807) is 6.92 Å². The van der Waals surface area contributed by atoms with Crippen molar-refractivity contribution in [3.05, 3.63) is 76.1 Å². The van der Waals surface area contributed by atoms with E-state index < -0.39 is 22.6 Å². The highest BCUT2D eigenvalue weighted by molar-refractivity contribution is 7.84. The number of halogens is 1. The maximum Gasteiger partial charge on any atom is 0.336 e. The maximum atomic E-state index is 14.2. The number of hydrogen-bond acceptors (Lipinski definition) is 2. The van der Waals surface area contributed by atoms with Gasteiger partial charge in [0.25, 0.3) is 0 Å². The number of hydrogen-bond donors (Lipinski definition) is 1. The monoisotopic (exact) mass is 356 g/mol. The maximum absolute atomic E-state index is 14.2. The van der Waals surface area contributed by atoms with Crippen molar-refractivity contribution in [3.63, 3.8) is 0 Å². The Morgan fingerprint density at radius 1 is 1.28 bits per heavy atom. The van der Waals surface area contributed by atoms with Gasteiger partial charge in [-0.15, -0.1) is 0 Å². The molecule has 0 aliphatic heterocycles. The number of carboxylic acid groups (broad SMARTS) is 1. The summed E-state index contributed by atoms with van der Waals surface area (Å²) in [5.41, 5.74) is 3.88. The molecule has 1 aliphatic carbocycles. The second kappa shape index (κ2) is 6.76. The Hall–Kier alpha value is -2.53. The second-order valence-corrected chi connectivity index (χ2v) is 7.28. The van der Waals surface area contributed by atoms with Gasteiger partial charge in [-0.2, -0.15) is 0 Å². The first-order valence-corrected chi connectivity index (χ1v) is 9.31. The van der Waals surface area contributed by atoms with Crippen LogP contribution in [0.1, 0.15) is 22.3 Å². The molecule has 0 saturated carbocycles. The zero-order valence-corrected chi connectivity index (χ0v) is 14.7. The zero-order chi connectivity index (χ0) is 18.1. The Morgan fingerprint density at radius 2 is 2.00 bits per heavy atom. The van der Waals surface area contributed by atoms with Gasteiger partial charge in [-0.1, -0.05) is 30.3 Å². The van der Waals surface area contributed by atoms with Crippen molar-refractivity contribution in [2.24, 2.45) is 0 Å². The summed E-state index contributed by atoms with van der Waals surface area (Å²) in [5.74, 6) is -1.66. The molecule has 0 heterocycles. The van der Waals surface area contributed by atoms with E-state index in [0.29, 0.717) is 23.1 Å². The highest BCUT2D eigenvalue weighted by atomic mass is 32.2. The Balaban J connectivity index is 2.11. The quantitative estimate of drug-likeness (QED) is 0.843. The van der Waals surface area contributed by atoms with E-state index in [0.717, 1.165) is 11.1 Å². The van der Waals surface area contributed by atoms with Crippen molar-refractivity contribution < 1.29 is 18.5 Å². The van der Waals surface area contributed by atoms with Crippen LogP contribution in [0.25, 0.3) is 11.6 Å². The van der Waals surface area contributed by atoms with E-state index in [1.165, 1.54) is 24.5 Å². The van der Waals surface area contributed by atoms with Crippen LogP contribution >= 0.6 is 0 Å². The molecular formula is C20H17FO3S. The molecular weight excluding hydrogens is 339 g/mol. The molecule has 2 aromatic carbocycles. The van der Waals surface area contributed by atoms with Gasteiger partial charge in [0.2, 0.25) is 0 Å². The zero-order valence-electron chi connectivity index (χ0n) is 13.9. The average molecular weight is 356 g/mol. The second-order valence-electron chi connectivity index (χ2n) is 5.94. The van der Waals surface area contributed by atoms with E-state index in [9.17, 15) is 18.5 Å². The summed E-state index contributed by atoms with van der Waals surface area (Å²) < 4.78 is 25.7. The van der Waals surface area contributed by atoms with Crippen molar-refractivity contribution in [1.29, 1.82) is 0 Å². The molecule has 3 rings (SSSR count). The number of aryl methyl sites for hydroxylation is 1.